The van der Waals surface area contributed by atoms with Gasteiger partial charge in [0.15, 0.2) is 0 Å². The maximum atomic E-state index is 12.8. The number of carbonyl (C=O) groups excluding carboxylic acids is 3. The summed E-state index contributed by atoms with van der Waals surface area (Å²) in [6, 6.07) is 14.4. The van der Waals surface area contributed by atoms with E-state index in [2.05, 4.69) is 10.6 Å². The summed E-state index contributed by atoms with van der Waals surface area (Å²) in [5.41, 5.74) is 4.29. The zero-order valence-corrected chi connectivity index (χ0v) is 19.5. The lowest BCUT2D eigenvalue weighted by molar-refractivity contribution is -0.140. The Bertz CT molecular complexity index is 1080. The van der Waals surface area contributed by atoms with Gasteiger partial charge in [0.05, 0.1) is 6.42 Å². The number of carboxylic acids is 1. The third kappa shape index (κ3) is 5.62. The molecule has 2 aromatic rings. The van der Waals surface area contributed by atoms with Crippen LogP contribution in [0.4, 0.5) is 4.79 Å². The summed E-state index contributed by atoms with van der Waals surface area (Å²) in [5, 5.41) is 14.5. The Morgan fingerprint density at radius 1 is 1.00 bits per heavy atom. The van der Waals surface area contributed by atoms with Crippen LogP contribution in [0.3, 0.4) is 0 Å². The van der Waals surface area contributed by atoms with Gasteiger partial charge in [0, 0.05) is 32.0 Å². The van der Waals surface area contributed by atoms with Crippen LogP contribution in [0, 0.1) is 0 Å². The second kappa shape index (κ2) is 10.6. The molecule has 2 aromatic carbocycles. The van der Waals surface area contributed by atoms with Gasteiger partial charge < -0.3 is 25.4 Å². The minimum Gasteiger partial charge on any atom is -0.481 e. The van der Waals surface area contributed by atoms with Gasteiger partial charge in [-0.2, -0.15) is 0 Å². The average molecular weight is 480 g/mol. The number of hydrogen-bond acceptors (Lipinski definition) is 5. The smallest absolute Gasteiger partial charge is 0.407 e. The Kier molecular flexibility index (Phi) is 7.33. The Hall–Kier alpha value is -3.88. The number of nitrogens with one attached hydrogen (secondary N) is 2. The van der Waals surface area contributed by atoms with Crippen LogP contribution in [0.1, 0.15) is 43.2 Å². The number of nitrogens with zero attached hydrogens (tertiary/aromatic N) is 1. The largest absolute Gasteiger partial charge is 0.481 e. The molecule has 4 rings (SSSR count). The molecule has 1 aliphatic heterocycles. The van der Waals surface area contributed by atoms with Crippen LogP contribution in [0.25, 0.3) is 11.1 Å². The second-order valence-electron chi connectivity index (χ2n) is 8.91. The average Bonchev–Trinajstić information content (AvgIpc) is 3.16. The number of fused-ring (bicyclic) bond motifs is 3. The highest BCUT2D eigenvalue weighted by molar-refractivity contribution is 5.89. The highest BCUT2D eigenvalue weighted by atomic mass is 16.5. The molecule has 35 heavy (non-hydrogen) atoms. The van der Waals surface area contributed by atoms with Crippen molar-refractivity contribution in [3.05, 3.63) is 59.7 Å². The molecule has 1 fully saturated rings. The minimum absolute atomic E-state index is 0.0181. The first-order chi connectivity index (χ1) is 16.8. The molecule has 0 aromatic heterocycles. The fourth-order valence-electron chi connectivity index (χ4n) is 4.81. The third-order valence-corrected chi connectivity index (χ3v) is 6.62. The Labute approximate surface area is 203 Å². The van der Waals surface area contributed by atoms with E-state index in [-0.39, 0.29) is 24.5 Å². The van der Waals surface area contributed by atoms with E-state index in [9.17, 15) is 24.3 Å². The van der Waals surface area contributed by atoms with E-state index in [1.54, 1.807) is 4.90 Å². The third-order valence-electron chi connectivity index (χ3n) is 6.62. The van der Waals surface area contributed by atoms with E-state index >= 15 is 0 Å². The summed E-state index contributed by atoms with van der Waals surface area (Å²) in [5.74, 6) is -1.96. The highest BCUT2D eigenvalue weighted by Gasteiger charge is 2.31. The van der Waals surface area contributed by atoms with E-state index in [4.69, 9.17) is 4.74 Å². The van der Waals surface area contributed by atoms with Crippen molar-refractivity contribution in [1.82, 2.24) is 15.5 Å². The highest BCUT2D eigenvalue weighted by Crippen LogP contribution is 2.44. The lowest BCUT2D eigenvalue weighted by Crippen LogP contribution is -2.53. The van der Waals surface area contributed by atoms with E-state index in [1.807, 2.05) is 48.5 Å². The van der Waals surface area contributed by atoms with Gasteiger partial charge in [0.1, 0.15) is 12.6 Å². The van der Waals surface area contributed by atoms with Crippen LogP contribution < -0.4 is 10.6 Å². The van der Waals surface area contributed by atoms with Crippen molar-refractivity contribution in [2.75, 3.05) is 19.7 Å². The zero-order chi connectivity index (χ0) is 24.9. The van der Waals surface area contributed by atoms with Gasteiger partial charge >= 0.3 is 12.1 Å². The van der Waals surface area contributed by atoms with Crippen LogP contribution in [0.15, 0.2) is 48.5 Å². The molecule has 0 radical (unpaired) electrons. The molecule has 9 heteroatoms. The number of carbonyl (C=O) groups is 4. The Balaban J connectivity index is 1.36. The van der Waals surface area contributed by atoms with Gasteiger partial charge in [-0.15, -0.1) is 0 Å². The van der Waals surface area contributed by atoms with Crippen molar-refractivity contribution < 1.29 is 29.0 Å². The van der Waals surface area contributed by atoms with E-state index in [0.29, 0.717) is 25.9 Å². The first kappa shape index (κ1) is 24.3. The molecule has 1 unspecified atom stereocenters. The molecule has 3 amide bonds. The molecule has 1 saturated heterocycles. The zero-order valence-electron chi connectivity index (χ0n) is 19.5. The van der Waals surface area contributed by atoms with E-state index < -0.39 is 30.4 Å². The lowest BCUT2D eigenvalue weighted by Gasteiger charge is -2.32. The fourth-order valence-corrected chi connectivity index (χ4v) is 4.81. The number of carboxylic acid groups (broad SMARTS) is 1. The molecular formula is C26H29N3O6. The maximum absolute atomic E-state index is 12.8. The first-order valence-electron chi connectivity index (χ1n) is 11.7. The number of ether oxygens (including phenoxy) is 1. The Morgan fingerprint density at radius 2 is 1.57 bits per heavy atom. The van der Waals surface area contributed by atoms with Crippen molar-refractivity contribution in [2.45, 2.75) is 44.2 Å². The van der Waals surface area contributed by atoms with Crippen molar-refractivity contribution in [2.24, 2.45) is 0 Å². The lowest BCUT2D eigenvalue weighted by atomic mass is 9.98. The molecular weight excluding hydrogens is 450 g/mol. The number of benzene rings is 2. The van der Waals surface area contributed by atoms with Crippen molar-refractivity contribution >= 4 is 23.9 Å². The predicted molar refractivity (Wildman–Crippen MR) is 128 cm³/mol. The summed E-state index contributed by atoms with van der Waals surface area (Å²) < 4.78 is 5.47. The molecule has 0 bridgehead atoms. The first-order valence-corrected chi connectivity index (χ1v) is 11.7. The summed E-state index contributed by atoms with van der Waals surface area (Å²) in [6.07, 6.45) is -0.284. The number of piperidine rings is 1. The van der Waals surface area contributed by atoms with Gasteiger partial charge in [-0.05, 0) is 35.1 Å². The Morgan fingerprint density at radius 3 is 2.11 bits per heavy atom. The quantitative estimate of drug-likeness (QED) is 0.560. The number of hydrogen-bond donors (Lipinski definition) is 3. The van der Waals surface area contributed by atoms with Crippen molar-refractivity contribution in [3.8, 4) is 11.1 Å². The second-order valence-corrected chi connectivity index (χ2v) is 8.91. The molecule has 1 heterocycles. The topological polar surface area (TPSA) is 125 Å². The van der Waals surface area contributed by atoms with Crippen LogP contribution in [-0.2, 0) is 19.1 Å². The number of aliphatic carboxylic acids is 1. The predicted octanol–water partition coefficient (Wildman–Crippen LogP) is 2.50. The number of rotatable bonds is 7. The van der Waals surface area contributed by atoms with Crippen LogP contribution >= 0.6 is 0 Å². The van der Waals surface area contributed by atoms with E-state index in [1.165, 1.54) is 6.92 Å². The SMILES string of the molecule is CC(=O)N1CCC(NC(=O)C(CC(=O)O)NC(=O)OCC2c3ccccc3-c3ccccc32)CC1. The molecule has 3 N–H and O–H groups in total. The van der Waals surface area contributed by atoms with Gasteiger partial charge in [-0.3, -0.25) is 14.4 Å². The van der Waals surface area contributed by atoms with Crippen LogP contribution in [-0.4, -0.2) is 65.7 Å². The molecule has 2 aliphatic rings. The van der Waals surface area contributed by atoms with Gasteiger partial charge in [-0.25, -0.2) is 4.79 Å². The summed E-state index contributed by atoms with van der Waals surface area (Å²) in [7, 11) is 0. The number of amides is 3. The van der Waals surface area contributed by atoms with E-state index in [0.717, 1.165) is 22.3 Å². The van der Waals surface area contributed by atoms with Gasteiger partial charge in [-0.1, -0.05) is 48.5 Å². The molecule has 184 valence electrons. The van der Waals surface area contributed by atoms with Gasteiger partial charge in [0.2, 0.25) is 11.8 Å². The maximum Gasteiger partial charge on any atom is 0.407 e. The molecule has 1 atom stereocenters. The number of alkyl carbamates (subject to hydrolysis) is 1. The summed E-state index contributed by atoms with van der Waals surface area (Å²) in [4.78, 5) is 49.9. The van der Waals surface area contributed by atoms with Crippen molar-refractivity contribution in [1.29, 1.82) is 0 Å². The summed E-state index contributed by atoms with van der Waals surface area (Å²) in [6.45, 7) is 2.60. The molecule has 0 saturated carbocycles. The minimum atomic E-state index is -1.27. The normalized spacial score (nSPS) is 16.1. The number of likely N-dealkylation sites (tertiary alicyclic amines) is 1. The molecule has 1 aliphatic carbocycles. The summed E-state index contributed by atoms with van der Waals surface area (Å²) >= 11 is 0. The monoisotopic (exact) mass is 479 g/mol. The molecule has 0 spiro atoms. The van der Waals surface area contributed by atoms with Crippen molar-refractivity contribution in [3.63, 3.8) is 0 Å². The fraction of sp³-hybridized carbons (Fsp3) is 0.385. The molecule has 9 nitrogen and oxygen atoms in total. The van der Waals surface area contributed by atoms with Gasteiger partial charge in [0.25, 0.3) is 0 Å². The van der Waals surface area contributed by atoms with Crippen LogP contribution in [0.5, 0.6) is 0 Å². The van der Waals surface area contributed by atoms with Crippen LogP contribution in [0.2, 0.25) is 0 Å². The standard InChI is InChI=1S/C26H29N3O6/c1-16(30)29-12-10-17(11-13-29)27-25(33)23(14-24(31)32)28-26(34)35-15-22-20-8-4-2-6-18(20)19-7-3-5-9-21(19)22/h2-9,17,22-23H,10-15H2,1H3,(H,27,33)(H,28,34)(H,31,32).